The summed E-state index contributed by atoms with van der Waals surface area (Å²) in [5, 5.41) is 15.8. The van der Waals surface area contributed by atoms with E-state index >= 15 is 0 Å². The third-order valence-electron chi connectivity index (χ3n) is 6.16. The van der Waals surface area contributed by atoms with Crippen molar-refractivity contribution < 1.29 is 9.50 Å². The van der Waals surface area contributed by atoms with E-state index in [4.69, 9.17) is 16.7 Å². The van der Waals surface area contributed by atoms with Gasteiger partial charge in [0.15, 0.2) is 0 Å². The van der Waals surface area contributed by atoms with Gasteiger partial charge in [0.1, 0.15) is 11.7 Å². The number of amidine groups is 1. The van der Waals surface area contributed by atoms with Crippen LogP contribution < -0.4 is 17.0 Å². The number of nitrogens with one attached hydrogen (secondary N) is 1. The van der Waals surface area contributed by atoms with Crippen molar-refractivity contribution in [3.63, 3.8) is 0 Å². The molecule has 3 rings (SSSR count). The van der Waals surface area contributed by atoms with Crippen LogP contribution >= 0.6 is 0 Å². The van der Waals surface area contributed by atoms with E-state index in [2.05, 4.69) is 49.6 Å². The number of aliphatic imine (C=N–C) groups is 1. The fraction of sp³-hybridized carbons (Fsp3) is 0.567. The van der Waals surface area contributed by atoms with Crippen molar-refractivity contribution in [1.29, 1.82) is 0 Å². The number of hydrazone groups is 1. The van der Waals surface area contributed by atoms with Gasteiger partial charge in [0.25, 0.3) is 0 Å². The highest BCUT2D eigenvalue weighted by molar-refractivity contribution is 6.03. The first-order chi connectivity index (χ1) is 19.5. The topological polar surface area (TPSA) is 128 Å². The van der Waals surface area contributed by atoms with Crippen LogP contribution in [0.25, 0.3) is 5.57 Å². The van der Waals surface area contributed by atoms with Crippen LogP contribution in [0, 0.1) is 0 Å². The lowest BCUT2D eigenvalue weighted by atomic mass is 10.0. The van der Waals surface area contributed by atoms with E-state index < -0.39 is 0 Å². The Morgan fingerprint density at radius 2 is 1.90 bits per heavy atom. The fourth-order valence-electron chi connectivity index (χ4n) is 4.03. The largest absolute Gasteiger partial charge is 0.395 e. The van der Waals surface area contributed by atoms with Crippen LogP contribution in [-0.4, -0.2) is 77.6 Å². The number of aliphatic hydroxyl groups excluding tert-OH is 1. The lowest BCUT2D eigenvalue weighted by Gasteiger charge is -2.36. The molecule has 0 amide bonds. The zero-order valence-electron chi connectivity index (χ0n) is 25.6. The van der Waals surface area contributed by atoms with E-state index in [1.54, 1.807) is 6.20 Å². The molecule has 0 spiro atoms. The molecule has 0 saturated carbocycles. The molecule has 0 aromatic carbocycles. The van der Waals surface area contributed by atoms with Crippen LogP contribution in [0.4, 0.5) is 10.2 Å². The van der Waals surface area contributed by atoms with Crippen LogP contribution in [0.3, 0.4) is 0 Å². The van der Waals surface area contributed by atoms with Crippen molar-refractivity contribution >= 4 is 23.4 Å². The van der Waals surface area contributed by atoms with E-state index in [1.165, 1.54) is 0 Å². The molecule has 10 heteroatoms. The maximum absolute atomic E-state index is 9.50. The Morgan fingerprint density at radius 1 is 1.25 bits per heavy atom. The number of hydrazine groups is 1. The molecule has 3 heterocycles. The zero-order valence-corrected chi connectivity index (χ0v) is 25.6. The number of allylic oxidation sites excluding steroid dienone is 4. The summed E-state index contributed by atoms with van der Waals surface area (Å²) >= 11 is 0. The molecule has 6 N–H and O–H groups in total. The lowest BCUT2D eigenvalue weighted by Crippen LogP contribution is -2.42. The second kappa shape index (κ2) is 22.7. The SMILES string of the molecule is C/C=C\C.CC.CC/C=C/C(C)N=C(NN)c1cc(C2=CN(C3CCN(CCO)CC3)N=CC2)cnc1N.CF. The van der Waals surface area contributed by atoms with Crippen molar-refractivity contribution in [3.05, 3.63) is 53.9 Å². The Kier molecular flexibility index (Phi) is 21.0. The van der Waals surface area contributed by atoms with Gasteiger partial charge in [0, 0.05) is 44.7 Å². The minimum Gasteiger partial charge on any atom is -0.395 e. The minimum absolute atomic E-state index is 0.0303. The molecular formula is C30H53FN8O. The number of pyridine rings is 1. The number of hydrogen-bond donors (Lipinski definition) is 4. The first-order valence-electron chi connectivity index (χ1n) is 14.2. The summed E-state index contributed by atoms with van der Waals surface area (Å²) in [6.45, 7) is 15.0. The van der Waals surface area contributed by atoms with Gasteiger partial charge in [0.05, 0.1) is 31.4 Å². The van der Waals surface area contributed by atoms with Crippen molar-refractivity contribution in [2.75, 3.05) is 39.2 Å². The number of β-amino-alcohol motifs (C(OH)–C–C–N with tert-alkyl or cyclic N) is 1. The zero-order chi connectivity index (χ0) is 30.3. The van der Waals surface area contributed by atoms with E-state index in [0.717, 1.165) is 56.5 Å². The number of rotatable bonds is 8. The molecule has 2 aliphatic heterocycles. The molecule has 0 aliphatic carbocycles. The number of aliphatic hydroxyl groups is 1. The number of nitrogens with two attached hydrogens (primary N) is 2. The molecule has 40 heavy (non-hydrogen) atoms. The molecule has 0 radical (unpaired) electrons. The smallest absolute Gasteiger partial charge is 0.146 e. The van der Waals surface area contributed by atoms with Gasteiger partial charge in [-0.3, -0.25) is 14.4 Å². The van der Waals surface area contributed by atoms with Gasteiger partial charge in [0.2, 0.25) is 0 Å². The lowest BCUT2D eigenvalue weighted by molar-refractivity contribution is 0.123. The van der Waals surface area contributed by atoms with Gasteiger partial charge in [-0.05, 0) is 57.2 Å². The predicted octanol–water partition coefficient (Wildman–Crippen LogP) is 4.91. The van der Waals surface area contributed by atoms with E-state index in [0.29, 0.717) is 30.4 Å². The number of nitrogens with zero attached hydrogens (tertiary/aromatic N) is 5. The van der Waals surface area contributed by atoms with Crippen LogP contribution in [0.2, 0.25) is 0 Å². The van der Waals surface area contributed by atoms with Crippen molar-refractivity contribution in [3.8, 4) is 0 Å². The highest BCUT2D eigenvalue weighted by Gasteiger charge is 2.24. The molecule has 226 valence electrons. The molecule has 1 unspecified atom stereocenters. The molecule has 1 aromatic heterocycles. The van der Waals surface area contributed by atoms with Gasteiger partial charge < -0.3 is 21.2 Å². The standard InChI is InChI=1S/C23H36N8O.C4H8.C2H6.CH3F/c1-3-4-5-17(2)28-23(29-25)21-14-19(15-26-22(21)24)18-6-9-27-31(16-18)20-7-10-30(11-8-20)12-13-32;1-3-4-2;2*1-2/h4-5,9,14-17,20,32H,3,6-8,10-13,25H2,1-2H3,(H2,24,26)(H,28,29);3-4H,1-2H3;1-2H3;1H3/b5-4+;4-3-;;. The van der Waals surface area contributed by atoms with E-state index in [1.807, 2.05) is 65.1 Å². The molecule has 9 nitrogen and oxygen atoms in total. The summed E-state index contributed by atoms with van der Waals surface area (Å²) < 4.78 is 9.50. The highest BCUT2D eigenvalue weighted by Crippen LogP contribution is 2.27. The Balaban J connectivity index is 0.00000171. The van der Waals surface area contributed by atoms with Gasteiger partial charge in [-0.25, -0.2) is 10.8 Å². The Labute approximate surface area is 241 Å². The van der Waals surface area contributed by atoms with E-state index in [9.17, 15) is 4.39 Å². The summed E-state index contributed by atoms with van der Waals surface area (Å²) in [6.07, 6.45) is 17.7. The van der Waals surface area contributed by atoms with E-state index in [-0.39, 0.29) is 12.6 Å². The summed E-state index contributed by atoms with van der Waals surface area (Å²) in [4.78, 5) is 11.4. The molecule has 1 atom stereocenters. The number of likely N-dealkylation sites (tertiary alicyclic amines) is 1. The molecule has 1 fully saturated rings. The van der Waals surface area contributed by atoms with Crippen LogP contribution in [0.5, 0.6) is 0 Å². The van der Waals surface area contributed by atoms with Crippen LogP contribution in [0.1, 0.15) is 78.4 Å². The summed E-state index contributed by atoms with van der Waals surface area (Å²) in [6, 6.07) is 2.31. The average Bonchev–Trinajstić information content (AvgIpc) is 3.02. The Morgan fingerprint density at radius 3 is 2.45 bits per heavy atom. The third kappa shape index (κ3) is 12.8. The fourth-order valence-corrected chi connectivity index (χ4v) is 4.03. The molecule has 2 aliphatic rings. The predicted molar refractivity (Wildman–Crippen MR) is 170 cm³/mol. The molecule has 0 bridgehead atoms. The first-order valence-corrected chi connectivity index (χ1v) is 14.2. The molecule has 1 aromatic rings. The van der Waals surface area contributed by atoms with Crippen molar-refractivity contribution in [2.45, 2.75) is 79.3 Å². The Bertz CT molecular complexity index is 949. The third-order valence-corrected chi connectivity index (χ3v) is 6.16. The maximum atomic E-state index is 9.50. The monoisotopic (exact) mass is 560 g/mol. The van der Waals surface area contributed by atoms with Gasteiger partial charge >= 0.3 is 0 Å². The van der Waals surface area contributed by atoms with Crippen LogP contribution in [-0.2, 0) is 0 Å². The first kappa shape index (κ1) is 36.9. The van der Waals surface area contributed by atoms with Crippen molar-refractivity contribution in [1.82, 2.24) is 20.3 Å². The number of alkyl halides is 1. The molecular weight excluding hydrogens is 507 g/mol. The van der Waals surface area contributed by atoms with Gasteiger partial charge in [-0.1, -0.05) is 45.1 Å². The van der Waals surface area contributed by atoms with Crippen molar-refractivity contribution in [2.24, 2.45) is 15.9 Å². The summed E-state index contributed by atoms with van der Waals surface area (Å²) in [5.41, 5.74) is 11.6. The average molecular weight is 561 g/mol. The summed E-state index contributed by atoms with van der Waals surface area (Å²) in [5.74, 6) is 6.68. The number of piperidine rings is 1. The van der Waals surface area contributed by atoms with Gasteiger partial charge in [-0.2, -0.15) is 5.10 Å². The highest BCUT2D eigenvalue weighted by atomic mass is 19.1. The summed E-state index contributed by atoms with van der Waals surface area (Å²) in [7, 11) is 0.500. The number of anilines is 1. The number of hydrogen-bond acceptors (Lipinski definition) is 8. The second-order valence-corrected chi connectivity index (χ2v) is 8.86. The maximum Gasteiger partial charge on any atom is 0.146 e. The Hall–Kier alpha value is -3.08. The minimum atomic E-state index is -0.0303. The number of aromatic nitrogens is 1. The number of halogens is 1. The van der Waals surface area contributed by atoms with Crippen LogP contribution in [0.15, 0.2) is 52.9 Å². The normalized spacial score (nSPS) is 16.8. The quantitative estimate of drug-likeness (QED) is 0.117. The second-order valence-electron chi connectivity index (χ2n) is 8.86. The number of nitrogen functional groups attached to an aromatic ring is 1. The van der Waals surface area contributed by atoms with Gasteiger partial charge in [-0.15, -0.1) is 0 Å². The molecule has 1 saturated heterocycles.